The van der Waals surface area contributed by atoms with Crippen LogP contribution in [0.2, 0.25) is 0 Å². The van der Waals surface area contributed by atoms with Crippen molar-refractivity contribution in [2.45, 2.75) is 19.4 Å². The first kappa shape index (κ1) is 13.2. The average molecular weight is 310 g/mol. The predicted molar refractivity (Wildman–Crippen MR) is 71.7 cm³/mol. The average Bonchev–Trinajstić information content (AvgIpc) is 2.35. The van der Waals surface area contributed by atoms with E-state index in [4.69, 9.17) is 0 Å². The molecule has 0 radical (unpaired) electrons. The van der Waals surface area contributed by atoms with Crippen LogP contribution >= 0.6 is 15.9 Å². The molecule has 1 atom stereocenters. The Hall–Kier alpha value is -1.26. The second-order valence-corrected chi connectivity index (χ2v) is 5.07. The number of aryl methyl sites for hydroxylation is 1. The lowest BCUT2D eigenvalue weighted by molar-refractivity contribution is 0.176. The quantitative estimate of drug-likeness (QED) is 0.940. The summed E-state index contributed by atoms with van der Waals surface area (Å²) >= 11 is 3.31. The third-order valence-corrected chi connectivity index (χ3v) is 3.41. The number of aliphatic hydroxyl groups is 1. The Morgan fingerprint density at radius 2 is 2.11 bits per heavy atom. The van der Waals surface area contributed by atoms with Crippen molar-refractivity contribution in [3.05, 3.63) is 63.6 Å². The van der Waals surface area contributed by atoms with Crippen molar-refractivity contribution in [2.75, 3.05) is 0 Å². The highest BCUT2D eigenvalue weighted by Gasteiger charge is 2.13. The molecule has 0 aliphatic heterocycles. The van der Waals surface area contributed by atoms with Crippen molar-refractivity contribution in [3.8, 4) is 0 Å². The van der Waals surface area contributed by atoms with Gasteiger partial charge < -0.3 is 5.11 Å². The van der Waals surface area contributed by atoms with Crippen LogP contribution in [-0.2, 0) is 6.42 Å². The first-order valence-corrected chi connectivity index (χ1v) is 6.40. The molecule has 94 valence electrons. The third-order valence-electron chi connectivity index (χ3n) is 2.69. The zero-order chi connectivity index (χ0) is 13.1. The molecule has 1 aromatic carbocycles. The summed E-state index contributed by atoms with van der Waals surface area (Å²) in [6.45, 7) is 1.95. The summed E-state index contributed by atoms with van der Waals surface area (Å²) in [7, 11) is 0. The highest BCUT2D eigenvalue weighted by atomic mass is 79.9. The molecule has 18 heavy (non-hydrogen) atoms. The number of halogens is 2. The maximum absolute atomic E-state index is 13.2. The Labute approximate surface area is 114 Å². The zero-order valence-electron chi connectivity index (χ0n) is 9.90. The molecule has 2 nitrogen and oxygen atoms in total. The first-order chi connectivity index (χ1) is 8.56. The lowest BCUT2D eigenvalue weighted by Gasteiger charge is -2.12. The normalized spacial score (nSPS) is 12.4. The van der Waals surface area contributed by atoms with Crippen LogP contribution in [0.25, 0.3) is 0 Å². The van der Waals surface area contributed by atoms with Crippen LogP contribution in [0.3, 0.4) is 0 Å². The monoisotopic (exact) mass is 309 g/mol. The van der Waals surface area contributed by atoms with Crippen LogP contribution in [-0.4, -0.2) is 10.1 Å². The largest absolute Gasteiger partial charge is 0.388 e. The van der Waals surface area contributed by atoms with Crippen molar-refractivity contribution < 1.29 is 9.50 Å². The van der Waals surface area contributed by atoms with Gasteiger partial charge in [-0.3, -0.25) is 4.98 Å². The van der Waals surface area contributed by atoms with Gasteiger partial charge >= 0.3 is 0 Å². The first-order valence-electron chi connectivity index (χ1n) is 5.61. The maximum Gasteiger partial charge on any atom is 0.123 e. The van der Waals surface area contributed by atoms with Crippen LogP contribution in [0.5, 0.6) is 0 Å². The highest BCUT2D eigenvalue weighted by Crippen LogP contribution is 2.26. The van der Waals surface area contributed by atoms with Crippen molar-refractivity contribution in [1.29, 1.82) is 0 Å². The van der Waals surface area contributed by atoms with E-state index in [1.54, 1.807) is 12.3 Å². The number of aromatic nitrogens is 1. The van der Waals surface area contributed by atoms with Gasteiger partial charge in [-0.05, 0) is 42.3 Å². The number of benzene rings is 1. The lowest BCUT2D eigenvalue weighted by Crippen LogP contribution is -2.04. The lowest BCUT2D eigenvalue weighted by atomic mass is 10.0. The van der Waals surface area contributed by atoms with E-state index >= 15 is 0 Å². The fraction of sp³-hybridized carbons (Fsp3) is 0.214. The zero-order valence-corrected chi connectivity index (χ0v) is 11.5. The van der Waals surface area contributed by atoms with Crippen molar-refractivity contribution in [2.24, 2.45) is 0 Å². The SMILES string of the molecule is Cc1ccc(CC(O)c2cc(F)ccc2Br)nc1. The molecule has 0 saturated heterocycles. The van der Waals surface area contributed by atoms with E-state index < -0.39 is 6.10 Å². The van der Waals surface area contributed by atoms with Gasteiger partial charge in [0.05, 0.1) is 6.10 Å². The van der Waals surface area contributed by atoms with Gasteiger partial charge in [0.15, 0.2) is 0 Å². The molecule has 0 aliphatic rings. The molecule has 0 spiro atoms. The molecule has 0 amide bonds. The van der Waals surface area contributed by atoms with Crippen LogP contribution in [0, 0.1) is 12.7 Å². The van der Waals surface area contributed by atoms with E-state index in [9.17, 15) is 9.50 Å². The van der Waals surface area contributed by atoms with Gasteiger partial charge in [-0.25, -0.2) is 4.39 Å². The Bertz CT molecular complexity index is 542. The molecular weight excluding hydrogens is 297 g/mol. The van der Waals surface area contributed by atoms with Gasteiger partial charge in [-0.2, -0.15) is 0 Å². The minimum absolute atomic E-state index is 0.357. The summed E-state index contributed by atoms with van der Waals surface area (Å²) in [5, 5.41) is 10.1. The molecule has 1 unspecified atom stereocenters. The predicted octanol–water partition coefficient (Wildman–Crippen LogP) is 3.57. The number of nitrogens with zero attached hydrogens (tertiary/aromatic N) is 1. The Balaban J connectivity index is 2.18. The van der Waals surface area contributed by atoms with Crippen molar-refractivity contribution in [3.63, 3.8) is 0 Å². The Morgan fingerprint density at radius 1 is 1.33 bits per heavy atom. The molecule has 2 rings (SSSR count). The van der Waals surface area contributed by atoms with E-state index in [-0.39, 0.29) is 5.82 Å². The molecule has 1 N–H and O–H groups in total. The summed E-state index contributed by atoms with van der Waals surface area (Å²) in [5.41, 5.74) is 2.39. The molecule has 0 fully saturated rings. The van der Waals surface area contributed by atoms with Gasteiger partial charge in [-0.1, -0.05) is 22.0 Å². The van der Waals surface area contributed by atoms with E-state index in [1.165, 1.54) is 12.1 Å². The molecule has 4 heteroatoms. The molecule has 0 aliphatic carbocycles. The summed E-state index contributed by atoms with van der Waals surface area (Å²) in [6.07, 6.45) is 1.34. The molecule has 1 heterocycles. The number of aliphatic hydroxyl groups excluding tert-OH is 1. The van der Waals surface area contributed by atoms with E-state index in [1.807, 2.05) is 19.1 Å². The van der Waals surface area contributed by atoms with Crippen LogP contribution in [0.15, 0.2) is 41.0 Å². The van der Waals surface area contributed by atoms with Gasteiger partial charge in [0.1, 0.15) is 5.82 Å². The van der Waals surface area contributed by atoms with E-state index in [2.05, 4.69) is 20.9 Å². The smallest absolute Gasteiger partial charge is 0.123 e. The van der Waals surface area contributed by atoms with Gasteiger partial charge in [-0.15, -0.1) is 0 Å². The van der Waals surface area contributed by atoms with E-state index in [0.29, 0.717) is 16.5 Å². The van der Waals surface area contributed by atoms with Crippen molar-refractivity contribution in [1.82, 2.24) is 4.98 Å². The second-order valence-electron chi connectivity index (χ2n) is 4.21. The standard InChI is InChI=1S/C14H13BrFNO/c1-9-2-4-11(17-8-9)7-14(18)12-6-10(16)3-5-13(12)15/h2-6,8,14,18H,7H2,1H3. The van der Waals surface area contributed by atoms with E-state index in [0.717, 1.165) is 11.3 Å². The minimum Gasteiger partial charge on any atom is -0.388 e. The Kier molecular flexibility index (Phi) is 4.09. The minimum atomic E-state index is -0.773. The summed E-state index contributed by atoms with van der Waals surface area (Å²) in [5.74, 6) is -0.357. The fourth-order valence-electron chi connectivity index (χ4n) is 1.70. The summed E-state index contributed by atoms with van der Waals surface area (Å²) in [4.78, 5) is 4.23. The highest BCUT2D eigenvalue weighted by molar-refractivity contribution is 9.10. The van der Waals surface area contributed by atoms with Crippen LogP contribution in [0.1, 0.15) is 22.9 Å². The molecule has 1 aromatic heterocycles. The topological polar surface area (TPSA) is 33.1 Å². The Morgan fingerprint density at radius 3 is 2.78 bits per heavy atom. The summed E-state index contributed by atoms with van der Waals surface area (Å²) < 4.78 is 13.8. The maximum atomic E-state index is 13.2. The second kappa shape index (κ2) is 5.59. The summed E-state index contributed by atoms with van der Waals surface area (Å²) in [6, 6.07) is 8.09. The number of hydrogen-bond acceptors (Lipinski definition) is 2. The fourth-order valence-corrected chi connectivity index (χ4v) is 2.21. The molecule has 2 aromatic rings. The van der Waals surface area contributed by atoms with Crippen LogP contribution < -0.4 is 0 Å². The van der Waals surface area contributed by atoms with Gasteiger partial charge in [0, 0.05) is 22.8 Å². The number of rotatable bonds is 3. The van der Waals surface area contributed by atoms with Gasteiger partial charge in [0.2, 0.25) is 0 Å². The number of pyridine rings is 1. The van der Waals surface area contributed by atoms with Crippen LogP contribution in [0.4, 0.5) is 4.39 Å². The molecule has 0 bridgehead atoms. The number of hydrogen-bond donors (Lipinski definition) is 1. The molecular formula is C14H13BrFNO. The molecule has 0 saturated carbocycles. The van der Waals surface area contributed by atoms with Crippen molar-refractivity contribution >= 4 is 15.9 Å². The third kappa shape index (κ3) is 3.15. The van der Waals surface area contributed by atoms with Gasteiger partial charge in [0.25, 0.3) is 0 Å².